The fourth-order valence-corrected chi connectivity index (χ4v) is 4.89. The molecule has 1 saturated heterocycles. The van der Waals surface area contributed by atoms with Gasteiger partial charge in [-0.2, -0.15) is 0 Å². The second-order valence-corrected chi connectivity index (χ2v) is 8.16. The van der Waals surface area contributed by atoms with Gasteiger partial charge in [-0.1, -0.05) is 24.3 Å². The Hall–Kier alpha value is -1.71. The molecule has 3 heteroatoms. The van der Waals surface area contributed by atoms with Gasteiger partial charge in [0.15, 0.2) is 0 Å². The largest absolute Gasteiger partial charge is 0.388 e. The maximum absolute atomic E-state index is 10.6. The van der Waals surface area contributed by atoms with Crippen molar-refractivity contribution >= 4 is 0 Å². The number of rotatable bonds is 3. The third-order valence-corrected chi connectivity index (χ3v) is 6.42. The molecule has 0 spiro atoms. The lowest BCUT2D eigenvalue weighted by Gasteiger charge is -2.35. The first kappa shape index (κ1) is 17.7. The van der Waals surface area contributed by atoms with Crippen molar-refractivity contribution in [3.8, 4) is 0 Å². The first-order valence-corrected chi connectivity index (χ1v) is 10.1. The Labute approximate surface area is 157 Å². The molecule has 2 aliphatic rings. The van der Waals surface area contributed by atoms with Gasteiger partial charge in [-0.3, -0.25) is 4.98 Å². The molecular formula is C23H30N2O. The van der Waals surface area contributed by atoms with Gasteiger partial charge in [0.2, 0.25) is 0 Å². The highest BCUT2D eigenvalue weighted by Gasteiger charge is 2.27. The Morgan fingerprint density at radius 1 is 1.08 bits per heavy atom. The maximum atomic E-state index is 10.6. The van der Waals surface area contributed by atoms with Crippen LogP contribution in [0.4, 0.5) is 0 Å². The van der Waals surface area contributed by atoms with Crippen LogP contribution in [0.25, 0.3) is 0 Å². The van der Waals surface area contributed by atoms with E-state index in [0.29, 0.717) is 11.8 Å². The van der Waals surface area contributed by atoms with Gasteiger partial charge in [-0.25, -0.2) is 0 Å². The number of nitrogens with zero attached hydrogens (tertiary/aromatic N) is 2. The fourth-order valence-electron chi connectivity index (χ4n) is 4.89. The van der Waals surface area contributed by atoms with Gasteiger partial charge in [-0.05, 0) is 86.7 Å². The van der Waals surface area contributed by atoms with Crippen LogP contribution in [0.3, 0.4) is 0 Å². The number of aliphatic hydroxyl groups is 1. The van der Waals surface area contributed by atoms with Crippen LogP contribution < -0.4 is 0 Å². The minimum absolute atomic E-state index is 0.351. The number of benzene rings is 1. The van der Waals surface area contributed by atoms with E-state index in [2.05, 4.69) is 47.1 Å². The van der Waals surface area contributed by atoms with Crippen molar-refractivity contribution in [2.45, 2.75) is 51.0 Å². The number of aliphatic hydroxyl groups excluding tert-OH is 1. The lowest BCUT2D eigenvalue weighted by Crippen LogP contribution is -2.37. The van der Waals surface area contributed by atoms with E-state index in [-0.39, 0.29) is 6.10 Å². The molecule has 26 heavy (non-hydrogen) atoms. The number of aromatic nitrogens is 1. The molecule has 138 valence electrons. The van der Waals surface area contributed by atoms with Crippen molar-refractivity contribution in [1.82, 2.24) is 9.88 Å². The van der Waals surface area contributed by atoms with Crippen LogP contribution in [-0.4, -0.2) is 34.6 Å². The van der Waals surface area contributed by atoms with Crippen LogP contribution in [0.2, 0.25) is 0 Å². The first-order chi connectivity index (χ1) is 12.7. The van der Waals surface area contributed by atoms with Crippen molar-refractivity contribution in [3.63, 3.8) is 0 Å². The second kappa shape index (κ2) is 7.89. The van der Waals surface area contributed by atoms with Crippen molar-refractivity contribution in [3.05, 3.63) is 65.0 Å². The summed E-state index contributed by atoms with van der Waals surface area (Å²) < 4.78 is 0. The molecule has 2 heterocycles. The summed E-state index contributed by atoms with van der Waals surface area (Å²) in [6, 6.07) is 10.9. The number of hydrogen-bond donors (Lipinski definition) is 1. The SMILES string of the molecule is Cc1ccccc1C1CCN(C[C@H]2CCc3ccncc3[C@@H](O)C2)CC1. The second-order valence-electron chi connectivity index (χ2n) is 8.16. The lowest BCUT2D eigenvalue weighted by atomic mass is 9.86. The Kier molecular flexibility index (Phi) is 5.37. The van der Waals surface area contributed by atoms with Gasteiger partial charge in [0, 0.05) is 24.5 Å². The van der Waals surface area contributed by atoms with Gasteiger partial charge in [0.1, 0.15) is 0 Å². The Balaban J connectivity index is 1.33. The molecule has 1 aliphatic carbocycles. The van der Waals surface area contributed by atoms with Crippen LogP contribution in [0.1, 0.15) is 60.0 Å². The number of hydrogen-bond acceptors (Lipinski definition) is 3. The van der Waals surface area contributed by atoms with E-state index in [9.17, 15) is 5.11 Å². The Morgan fingerprint density at radius 2 is 1.88 bits per heavy atom. The predicted molar refractivity (Wildman–Crippen MR) is 105 cm³/mol. The molecule has 3 nitrogen and oxygen atoms in total. The van der Waals surface area contributed by atoms with E-state index in [1.807, 2.05) is 12.4 Å². The van der Waals surface area contributed by atoms with Crippen molar-refractivity contribution in [2.75, 3.05) is 19.6 Å². The normalized spacial score (nSPS) is 24.8. The molecule has 0 saturated carbocycles. The zero-order valence-electron chi connectivity index (χ0n) is 15.8. The summed E-state index contributed by atoms with van der Waals surface area (Å²) in [5, 5.41) is 10.6. The van der Waals surface area contributed by atoms with Crippen molar-refractivity contribution in [2.24, 2.45) is 5.92 Å². The average molecular weight is 351 g/mol. The molecular weight excluding hydrogens is 320 g/mol. The molecule has 1 aromatic carbocycles. The molecule has 1 N–H and O–H groups in total. The summed E-state index contributed by atoms with van der Waals surface area (Å²) in [5.41, 5.74) is 5.31. The van der Waals surface area contributed by atoms with Crippen molar-refractivity contribution < 1.29 is 5.11 Å². The van der Waals surface area contributed by atoms with Crippen LogP contribution in [0.5, 0.6) is 0 Å². The molecule has 4 rings (SSSR count). The molecule has 0 amide bonds. The highest BCUT2D eigenvalue weighted by molar-refractivity contribution is 5.29. The summed E-state index contributed by atoms with van der Waals surface area (Å²) in [7, 11) is 0. The van der Waals surface area contributed by atoms with E-state index < -0.39 is 0 Å². The Bertz CT molecular complexity index is 736. The third kappa shape index (κ3) is 3.84. The van der Waals surface area contributed by atoms with E-state index in [1.54, 1.807) is 5.56 Å². The lowest BCUT2D eigenvalue weighted by molar-refractivity contribution is 0.117. The molecule has 2 aromatic rings. The number of likely N-dealkylation sites (tertiary alicyclic amines) is 1. The summed E-state index contributed by atoms with van der Waals surface area (Å²) in [6.45, 7) is 5.72. The van der Waals surface area contributed by atoms with Crippen LogP contribution in [0.15, 0.2) is 42.7 Å². The highest BCUT2D eigenvalue weighted by atomic mass is 16.3. The Morgan fingerprint density at radius 3 is 2.69 bits per heavy atom. The third-order valence-electron chi connectivity index (χ3n) is 6.42. The van der Waals surface area contributed by atoms with Gasteiger partial charge in [0.05, 0.1) is 6.10 Å². The van der Waals surface area contributed by atoms with Gasteiger partial charge in [0.25, 0.3) is 0 Å². The number of fused-ring (bicyclic) bond motifs is 1. The quantitative estimate of drug-likeness (QED) is 0.841. The van der Waals surface area contributed by atoms with E-state index in [0.717, 1.165) is 24.9 Å². The van der Waals surface area contributed by atoms with E-state index in [4.69, 9.17) is 0 Å². The van der Waals surface area contributed by atoms with Crippen LogP contribution in [-0.2, 0) is 6.42 Å². The van der Waals surface area contributed by atoms with E-state index in [1.165, 1.54) is 43.5 Å². The van der Waals surface area contributed by atoms with Crippen LogP contribution >= 0.6 is 0 Å². The summed E-state index contributed by atoms with van der Waals surface area (Å²) in [5.74, 6) is 1.29. The summed E-state index contributed by atoms with van der Waals surface area (Å²) in [6.07, 6.45) is 8.98. The first-order valence-electron chi connectivity index (χ1n) is 10.1. The summed E-state index contributed by atoms with van der Waals surface area (Å²) >= 11 is 0. The maximum Gasteiger partial charge on any atom is 0.0810 e. The average Bonchev–Trinajstić information content (AvgIpc) is 2.82. The molecule has 1 aromatic heterocycles. The minimum atomic E-state index is -0.351. The molecule has 0 unspecified atom stereocenters. The molecule has 1 fully saturated rings. The topological polar surface area (TPSA) is 36.4 Å². The molecule has 1 aliphatic heterocycles. The van der Waals surface area contributed by atoms with Gasteiger partial charge < -0.3 is 10.0 Å². The molecule has 0 radical (unpaired) electrons. The highest BCUT2D eigenvalue weighted by Crippen LogP contribution is 2.34. The number of piperidine rings is 1. The molecule has 0 bridgehead atoms. The van der Waals surface area contributed by atoms with Crippen LogP contribution in [0, 0.1) is 12.8 Å². The summed E-state index contributed by atoms with van der Waals surface area (Å²) in [4.78, 5) is 6.83. The minimum Gasteiger partial charge on any atom is -0.388 e. The van der Waals surface area contributed by atoms with E-state index >= 15 is 0 Å². The smallest absolute Gasteiger partial charge is 0.0810 e. The van der Waals surface area contributed by atoms with Gasteiger partial charge in [-0.15, -0.1) is 0 Å². The predicted octanol–water partition coefficient (Wildman–Crippen LogP) is 4.26. The number of pyridine rings is 1. The number of aryl methyl sites for hydroxylation is 2. The van der Waals surface area contributed by atoms with Crippen molar-refractivity contribution in [1.29, 1.82) is 0 Å². The van der Waals surface area contributed by atoms with Gasteiger partial charge >= 0.3 is 0 Å². The fraction of sp³-hybridized carbons (Fsp3) is 0.522. The zero-order chi connectivity index (χ0) is 17.9. The standard InChI is InChI=1S/C23H30N2O/c1-17-4-2-3-5-21(17)20-9-12-25(13-10-20)16-18-6-7-19-8-11-24-15-22(19)23(26)14-18/h2-5,8,11,15,18,20,23,26H,6-7,9-10,12-14,16H2,1H3/t18-,23-/m0/s1. The monoisotopic (exact) mass is 350 g/mol. The zero-order valence-corrected chi connectivity index (χ0v) is 15.8. The molecule has 2 atom stereocenters.